The number of hydrogen-bond donors (Lipinski definition) is 2. The third kappa shape index (κ3) is 66.3. The minimum atomic E-state index is -3.13. The molecule has 0 aliphatic carbocycles. The molecule has 0 saturated heterocycles. The molecule has 3 nitrogen and oxygen atoms in total. The molecule has 0 unspecified atom stereocenters. The van der Waals surface area contributed by atoms with Crippen molar-refractivity contribution < 1.29 is 67.4 Å². The molecule has 0 rings (SSSR count). The summed E-state index contributed by atoms with van der Waals surface area (Å²) < 4.78 is 8.74. The first kappa shape index (κ1) is 37.3. The molecule has 0 saturated carbocycles. The summed E-state index contributed by atoms with van der Waals surface area (Å²) in [5, 5.41) is 0. The normalized spacial score (nSPS) is 2.67. The van der Waals surface area contributed by atoms with Crippen LogP contribution in [0.1, 0.15) is 4.28 Å². The maximum Gasteiger partial charge on any atom is 0 e. The Morgan fingerprint density at radius 3 is 1.22 bits per heavy atom. The number of hydrogen-bond acceptors (Lipinski definition) is 1. The van der Waals surface area contributed by atoms with E-state index in [0.29, 0.717) is 0 Å². The van der Waals surface area contributed by atoms with Crippen LogP contribution in [0.15, 0.2) is 0 Å². The Labute approximate surface area is 175 Å². The van der Waals surface area contributed by atoms with E-state index in [2.05, 4.69) is 0 Å². The Morgan fingerprint density at radius 1 is 1.22 bits per heavy atom. The van der Waals surface area contributed by atoms with Gasteiger partial charge in [-0.2, -0.15) is 0 Å². The predicted octanol–water partition coefficient (Wildman–Crippen LogP) is -6.49. The molecule has 0 aromatic rings. The Bertz CT molecular complexity index is 54.5. The van der Waals surface area contributed by atoms with E-state index in [0.717, 1.165) is 0 Å². The van der Waals surface area contributed by atoms with Crippen LogP contribution in [-0.2, 0) is 23.9 Å². The van der Waals surface area contributed by atoms with Crippen LogP contribution in [0.25, 0.3) is 0 Å². The van der Waals surface area contributed by atoms with E-state index >= 15 is 0 Å². The molecule has 0 aromatic heterocycles. The van der Waals surface area contributed by atoms with Crippen LogP contribution < -0.4 is 29.6 Å². The summed E-state index contributed by atoms with van der Waals surface area (Å²) in [6, 6.07) is 0. The number of rotatable bonds is 0. The van der Waals surface area contributed by atoms with Crippen LogP contribution in [0.4, 0.5) is 0 Å². The first-order valence-electron chi connectivity index (χ1n) is 0.651. The molecule has 0 fully saturated rings. The van der Waals surface area contributed by atoms with E-state index in [9.17, 15) is 0 Å². The van der Waals surface area contributed by atoms with E-state index in [1.807, 2.05) is 0 Å². The second-order valence-corrected chi connectivity index (χ2v) is 0.848. The molecule has 0 aliphatic heterocycles. The van der Waals surface area contributed by atoms with Crippen molar-refractivity contribution in [2.45, 2.75) is 0 Å². The van der Waals surface area contributed by atoms with Crippen molar-refractivity contribution >= 4 is 113 Å². The molecule has 0 heterocycles. The van der Waals surface area contributed by atoms with Gasteiger partial charge in [0.1, 0.15) is 0 Å². The first-order valence-corrected chi connectivity index (χ1v) is 1.95. The van der Waals surface area contributed by atoms with Crippen molar-refractivity contribution in [1.29, 1.82) is 0 Å². The quantitative estimate of drug-likeness (QED) is 0.245. The minimum absolute atomic E-state index is 0. The van der Waals surface area contributed by atoms with Crippen LogP contribution in [0.5, 0.6) is 0 Å². The van der Waals surface area contributed by atoms with Crippen LogP contribution >= 0.6 is 0 Å². The van der Waals surface area contributed by atoms with Gasteiger partial charge in [0.25, 0.3) is 0 Å². The van der Waals surface area contributed by atoms with E-state index in [-0.39, 0.29) is 157 Å². The van der Waals surface area contributed by atoms with Crippen LogP contribution in [0, 0.1) is 0 Å². The molecule has 2 N–H and O–H groups in total. The Balaban J connectivity index is -0.00000000161. The first-order chi connectivity index (χ1) is 1.73. The molecule has 9 heavy (non-hydrogen) atoms. The van der Waals surface area contributed by atoms with Crippen molar-refractivity contribution in [2.75, 3.05) is 0 Å². The summed E-state index contributed by atoms with van der Waals surface area (Å²) in [6.45, 7) is 0. The van der Waals surface area contributed by atoms with Crippen LogP contribution in [0.3, 0.4) is 0 Å². The van der Waals surface area contributed by atoms with Gasteiger partial charge in [0, 0.05) is 19.5 Å². The Kier molecular flexibility index (Phi) is 122. The van der Waals surface area contributed by atoms with Gasteiger partial charge in [-0.15, -0.1) is 0 Å². The average Bonchev–Trinajstić information content (AvgIpc) is 0.811. The van der Waals surface area contributed by atoms with Gasteiger partial charge in [-0.25, -0.2) is 0 Å². The minimum Gasteiger partial charge on any atom is 0 e. The molecule has 0 amide bonds. The van der Waals surface area contributed by atoms with Gasteiger partial charge >= 0.3 is 142 Å². The van der Waals surface area contributed by atoms with Gasteiger partial charge < -0.3 is 13.9 Å². The van der Waals surface area contributed by atoms with Crippen LogP contribution in [-0.4, -0.2) is 122 Å². The summed E-state index contributed by atoms with van der Waals surface area (Å²) in [5.74, 6) is 0. The Morgan fingerprint density at radius 2 is 1.22 bits per heavy atom. The predicted molar refractivity (Wildman–Crippen MR) is 37.1 cm³/mol. The molecule has 9 heteroatoms. The van der Waals surface area contributed by atoms with E-state index in [1.165, 1.54) is 0 Å². The topological polar surface area (TPSA) is 57.5 Å². The second kappa shape index (κ2) is 29.3. The fraction of sp³-hybridized carbons (Fsp3) is 0. The van der Waals surface area contributed by atoms with Gasteiger partial charge in [0.05, 0.1) is 0 Å². The summed E-state index contributed by atoms with van der Waals surface area (Å²) in [5.41, 5.74) is 0. The van der Waals surface area contributed by atoms with Crippen molar-refractivity contribution in [3.05, 3.63) is 0 Å². The summed E-state index contributed by atoms with van der Waals surface area (Å²) in [7, 11) is -3.13. The molecule has 44 valence electrons. The van der Waals surface area contributed by atoms with E-state index in [4.69, 9.17) is 14.1 Å². The third-order valence-electron chi connectivity index (χ3n) is 0. The van der Waals surface area contributed by atoms with Gasteiger partial charge in [0.2, 0.25) is 0 Å². The maximum atomic E-state index is 8.74. The monoisotopic (exact) mass is 726 g/mol. The van der Waals surface area contributed by atoms with Crippen molar-refractivity contribution in [3.63, 3.8) is 0 Å². The molecular weight excluding hydrogens is 716 g/mol. The molecule has 0 bridgehead atoms. The van der Waals surface area contributed by atoms with Crippen molar-refractivity contribution in [2.24, 2.45) is 0 Å². The molecule has 0 atom stereocenters. The zero-order chi connectivity index (χ0) is 3.58. The van der Waals surface area contributed by atoms with Gasteiger partial charge in [0.15, 0.2) is 0 Å². The summed E-state index contributed by atoms with van der Waals surface area (Å²) in [6.07, 6.45) is 0. The summed E-state index contributed by atoms with van der Waals surface area (Å²) >= 11 is 0. The smallest absolute Gasteiger partial charge is 0 e. The molecule has 0 aliphatic rings. The van der Waals surface area contributed by atoms with Gasteiger partial charge in [-0.3, -0.25) is 4.46 Å². The van der Waals surface area contributed by atoms with E-state index in [1.54, 1.807) is 0 Å². The Hall–Kier alpha value is 4.66. The SMILES string of the molecule is O=[Si](O)O.[Ba+2].[H-].[H-].[H-].[Na+].[PbH2].[PbH2].[Zn]. The molecule has 4 radical (unpaired) electrons. The molecular formula is H9BaNaO3Pb2SiZn. The van der Waals surface area contributed by atoms with Crippen LogP contribution in [0.2, 0.25) is 0 Å². The second-order valence-electron chi connectivity index (χ2n) is 0.283. The fourth-order valence-corrected chi connectivity index (χ4v) is 0. The molecule has 0 spiro atoms. The largest absolute Gasteiger partial charge is 0 e. The zero-order valence-corrected chi connectivity index (χ0v) is 27.0. The van der Waals surface area contributed by atoms with Gasteiger partial charge in [-0.1, -0.05) is 0 Å². The fourth-order valence-electron chi connectivity index (χ4n) is 0. The molecule has 0 aromatic carbocycles. The zero-order valence-electron chi connectivity index (χ0n) is 8.63. The van der Waals surface area contributed by atoms with Gasteiger partial charge in [-0.05, 0) is 0 Å². The standard InChI is InChI=1S/Ba.Na.H2O3Si.2Pb.Zn.7H/c;;1-4(2)3;;;;;;;;;;/h;;1-2H;;;;;;;;;;/q+2;+1;;;;;;;;;3*-1. The van der Waals surface area contributed by atoms with Crippen molar-refractivity contribution in [3.8, 4) is 0 Å². The average molecular weight is 725 g/mol. The van der Waals surface area contributed by atoms with Crippen molar-refractivity contribution in [1.82, 2.24) is 0 Å². The third-order valence-corrected chi connectivity index (χ3v) is 0. The maximum absolute atomic E-state index is 8.74. The van der Waals surface area contributed by atoms with E-state index < -0.39 is 9.17 Å². The summed E-state index contributed by atoms with van der Waals surface area (Å²) in [4.78, 5) is 14.3.